The van der Waals surface area contributed by atoms with Gasteiger partial charge in [-0.05, 0) is 42.4 Å². The van der Waals surface area contributed by atoms with Gasteiger partial charge in [0.2, 0.25) is 0 Å². The Labute approximate surface area is 93.5 Å². The van der Waals surface area contributed by atoms with Crippen LogP contribution in [0.3, 0.4) is 0 Å². The highest BCUT2D eigenvalue weighted by Gasteiger charge is 2.26. The highest BCUT2D eigenvalue weighted by atomic mass is 19.1. The number of rotatable bonds is 1. The Hall–Kier alpha value is -1.58. The zero-order chi connectivity index (χ0) is 12.1. The Bertz CT molecular complexity index is 338. The molecule has 1 fully saturated rings. The van der Waals surface area contributed by atoms with Crippen LogP contribution < -0.4 is 0 Å². The maximum absolute atomic E-state index is 12.5. The number of carbonyl (C=O) groups is 1. The van der Waals surface area contributed by atoms with Gasteiger partial charge in [-0.1, -0.05) is 19.1 Å². The van der Waals surface area contributed by atoms with Gasteiger partial charge in [-0.15, -0.1) is 0 Å². The summed E-state index contributed by atoms with van der Waals surface area (Å²) in [6.07, 6.45) is 0.706. The van der Waals surface area contributed by atoms with Gasteiger partial charge in [0.15, 0.2) is 0 Å². The second-order valence-corrected chi connectivity index (χ2v) is 4.11. The largest absolute Gasteiger partial charge is 0.503 e. The van der Waals surface area contributed by atoms with E-state index in [1.165, 1.54) is 18.4 Å². The minimum atomic E-state index is -1.83. The van der Waals surface area contributed by atoms with E-state index in [4.69, 9.17) is 15.0 Å². The second kappa shape index (κ2) is 5.49. The number of hydrogen-bond donors (Lipinski definition) is 2. The predicted octanol–water partition coefficient (Wildman–Crippen LogP) is 3.56. The fourth-order valence-electron chi connectivity index (χ4n) is 1.91. The van der Waals surface area contributed by atoms with E-state index < -0.39 is 6.16 Å². The van der Waals surface area contributed by atoms with Gasteiger partial charge in [0, 0.05) is 0 Å². The van der Waals surface area contributed by atoms with Crippen LogP contribution >= 0.6 is 0 Å². The van der Waals surface area contributed by atoms with Crippen molar-refractivity contribution >= 4 is 6.16 Å². The fraction of sp³-hybridized carbons (Fsp3) is 0.417. The molecule has 4 heteroatoms. The molecule has 0 aromatic heterocycles. The predicted molar refractivity (Wildman–Crippen MR) is 58.2 cm³/mol. The summed E-state index contributed by atoms with van der Waals surface area (Å²) in [4.78, 5) is 8.56. The minimum absolute atomic E-state index is 0.133. The van der Waals surface area contributed by atoms with Crippen molar-refractivity contribution in [3.63, 3.8) is 0 Å². The summed E-state index contributed by atoms with van der Waals surface area (Å²) >= 11 is 0. The summed E-state index contributed by atoms with van der Waals surface area (Å²) < 4.78 is 12.5. The molecule has 2 rings (SSSR count). The molecule has 3 nitrogen and oxygen atoms in total. The lowest BCUT2D eigenvalue weighted by Gasteiger charge is -2.32. The van der Waals surface area contributed by atoms with E-state index in [0.717, 1.165) is 5.92 Å². The first-order chi connectivity index (χ1) is 7.49. The zero-order valence-electron chi connectivity index (χ0n) is 9.06. The molecule has 1 saturated carbocycles. The van der Waals surface area contributed by atoms with Gasteiger partial charge in [0.25, 0.3) is 0 Å². The third kappa shape index (κ3) is 3.88. The Morgan fingerprint density at radius 3 is 2.06 bits per heavy atom. The van der Waals surface area contributed by atoms with Crippen LogP contribution in [0, 0.1) is 11.7 Å². The number of benzene rings is 1. The molecule has 0 heterocycles. The summed E-state index contributed by atoms with van der Waals surface area (Å²) in [5.74, 6) is 1.42. The van der Waals surface area contributed by atoms with Gasteiger partial charge in [-0.25, -0.2) is 9.18 Å². The van der Waals surface area contributed by atoms with E-state index in [1.54, 1.807) is 12.1 Å². The maximum atomic E-state index is 12.5. The molecule has 0 unspecified atom stereocenters. The molecule has 0 bridgehead atoms. The third-order valence-corrected chi connectivity index (χ3v) is 2.72. The van der Waals surface area contributed by atoms with E-state index in [2.05, 4.69) is 6.92 Å². The van der Waals surface area contributed by atoms with Crippen molar-refractivity contribution < 1.29 is 19.4 Å². The molecule has 1 aliphatic carbocycles. The first kappa shape index (κ1) is 12.5. The van der Waals surface area contributed by atoms with E-state index in [1.807, 2.05) is 12.1 Å². The molecule has 0 amide bonds. The molecule has 0 spiro atoms. The second-order valence-electron chi connectivity index (χ2n) is 4.11. The lowest BCUT2D eigenvalue weighted by atomic mass is 9.72. The monoisotopic (exact) mass is 226 g/mol. The molecule has 1 aromatic rings. The average Bonchev–Trinajstić information content (AvgIpc) is 2.14. The van der Waals surface area contributed by atoms with Gasteiger partial charge in [-0.2, -0.15) is 0 Å². The van der Waals surface area contributed by atoms with Crippen LogP contribution in [0.15, 0.2) is 24.3 Å². The Morgan fingerprint density at radius 1 is 1.25 bits per heavy atom. The van der Waals surface area contributed by atoms with Crippen LogP contribution in [0.25, 0.3) is 0 Å². The quantitative estimate of drug-likeness (QED) is 0.769. The van der Waals surface area contributed by atoms with Gasteiger partial charge in [-0.3, -0.25) is 0 Å². The van der Waals surface area contributed by atoms with E-state index in [9.17, 15) is 4.39 Å². The van der Waals surface area contributed by atoms with Crippen LogP contribution in [0.4, 0.5) is 9.18 Å². The molecule has 2 N–H and O–H groups in total. The fourth-order valence-corrected chi connectivity index (χ4v) is 1.91. The maximum Gasteiger partial charge on any atom is 0.503 e. The molecule has 0 saturated heterocycles. The number of carboxylic acid groups (broad SMARTS) is 2. The summed E-state index contributed by atoms with van der Waals surface area (Å²) in [5.41, 5.74) is 1.30. The molecular formula is C12H15FO3. The number of halogens is 1. The SMILES string of the molecule is CC1CC(c2ccc(F)cc2)C1.O=C(O)O. The van der Waals surface area contributed by atoms with Crippen molar-refractivity contribution in [2.24, 2.45) is 5.92 Å². The van der Waals surface area contributed by atoms with Gasteiger partial charge < -0.3 is 10.2 Å². The molecule has 16 heavy (non-hydrogen) atoms. The molecule has 1 aromatic carbocycles. The third-order valence-electron chi connectivity index (χ3n) is 2.72. The van der Waals surface area contributed by atoms with Crippen LogP contribution in [-0.4, -0.2) is 16.4 Å². The lowest BCUT2D eigenvalue weighted by molar-refractivity contribution is 0.137. The topological polar surface area (TPSA) is 57.5 Å². The Kier molecular flexibility index (Phi) is 4.28. The smallest absolute Gasteiger partial charge is 0.450 e. The highest BCUT2D eigenvalue weighted by Crippen LogP contribution is 2.40. The Morgan fingerprint density at radius 2 is 1.69 bits per heavy atom. The van der Waals surface area contributed by atoms with Gasteiger partial charge >= 0.3 is 6.16 Å². The van der Waals surface area contributed by atoms with Gasteiger partial charge in [0.05, 0.1) is 0 Å². The van der Waals surface area contributed by atoms with Crippen LogP contribution in [0.1, 0.15) is 31.2 Å². The van der Waals surface area contributed by atoms with Crippen molar-refractivity contribution in [2.75, 3.05) is 0 Å². The summed E-state index contributed by atoms with van der Waals surface area (Å²) in [6.45, 7) is 2.26. The summed E-state index contributed by atoms with van der Waals surface area (Å²) in [5, 5.41) is 13.9. The molecule has 88 valence electrons. The van der Waals surface area contributed by atoms with Crippen LogP contribution in [-0.2, 0) is 0 Å². The molecule has 1 aliphatic rings. The first-order valence-corrected chi connectivity index (χ1v) is 5.16. The first-order valence-electron chi connectivity index (χ1n) is 5.16. The summed E-state index contributed by atoms with van der Waals surface area (Å²) in [7, 11) is 0. The van der Waals surface area contributed by atoms with Gasteiger partial charge in [0.1, 0.15) is 5.82 Å². The Balaban J connectivity index is 0.000000280. The lowest BCUT2D eigenvalue weighted by Crippen LogP contribution is -2.18. The molecule has 0 aliphatic heterocycles. The average molecular weight is 226 g/mol. The van der Waals surface area contributed by atoms with Crippen molar-refractivity contribution in [2.45, 2.75) is 25.7 Å². The number of hydrogen-bond acceptors (Lipinski definition) is 1. The standard InChI is InChI=1S/C11H13F.CH2O3/c1-8-6-10(7-8)9-2-4-11(12)5-3-9;2-1(3)4/h2-5,8,10H,6-7H2,1H3;(H2,2,3,4). The van der Waals surface area contributed by atoms with E-state index in [0.29, 0.717) is 5.92 Å². The molecule has 0 atom stereocenters. The van der Waals surface area contributed by atoms with Crippen LogP contribution in [0.5, 0.6) is 0 Å². The highest BCUT2D eigenvalue weighted by molar-refractivity contribution is 5.53. The van der Waals surface area contributed by atoms with Crippen molar-refractivity contribution in [3.05, 3.63) is 35.6 Å². The van der Waals surface area contributed by atoms with E-state index >= 15 is 0 Å². The van der Waals surface area contributed by atoms with Crippen molar-refractivity contribution in [3.8, 4) is 0 Å². The molecular weight excluding hydrogens is 211 g/mol. The molecule has 0 radical (unpaired) electrons. The van der Waals surface area contributed by atoms with Crippen molar-refractivity contribution in [1.82, 2.24) is 0 Å². The van der Waals surface area contributed by atoms with Crippen LogP contribution in [0.2, 0.25) is 0 Å². The van der Waals surface area contributed by atoms with Crippen molar-refractivity contribution in [1.29, 1.82) is 0 Å². The normalized spacial score (nSPS) is 22.6. The summed E-state index contributed by atoms with van der Waals surface area (Å²) in [6, 6.07) is 6.92. The van der Waals surface area contributed by atoms with E-state index in [-0.39, 0.29) is 5.82 Å². The zero-order valence-corrected chi connectivity index (χ0v) is 9.06. The minimum Gasteiger partial charge on any atom is -0.450 e.